The monoisotopic (exact) mass is 187 g/mol. The fourth-order valence-electron chi connectivity index (χ4n) is 1.19. The van der Waals surface area contributed by atoms with E-state index in [1.165, 1.54) is 0 Å². The van der Waals surface area contributed by atoms with Crippen LogP contribution in [0.1, 0.15) is 20.3 Å². The van der Waals surface area contributed by atoms with E-state index < -0.39 is 0 Å². The molecule has 0 aliphatic rings. The SMILES string of the molecule is C=CCC(C)(C)C=Nc1ccccc1. The van der Waals surface area contributed by atoms with Gasteiger partial charge in [0, 0.05) is 11.6 Å². The maximum atomic E-state index is 4.42. The van der Waals surface area contributed by atoms with E-state index in [9.17, 15) is 0 Å². The molecule has 0 aliphatic carbocycles. The number of para-hydroxylation sites is 1. The average Bonchev–Trinajstić information content (AvgIpc) is 2.17. The largest absolute Gasteiger partial charge is 0.261 e. The third-order valence-corrected chi connectivity index (χ3v) is 1.99. The number of hydrogen-bond acceptors (Lipinski definition) is 1. The van der Waals surface area contributed by atoms with Gasteiger partial charge in [0.2, 0.25) is 0 Å². The summed E-state index contributed by atoms with van der Waals surface area (Å²) in [7, 11) is 0. The van der Waals surface area contributed by atoms with Gasteiger partial charge in [-0.15, -0.1) is 6.58 Å². The maximum Gasteiger partial charge on any atom is 0.0625 e. The zero-order valence-electron chi connectivity index (χ0n) is 8.90. The van der Waals surface area contributed by atoms with Crippen molar-refractivity contribution in [1.82, 2.24) is 0 Å². The summed E-state index contributed by atoms with van der Waals surface area (Å²) in [6, 6.07) is 9.98. The Hall–Kier alpha value is -1.37. The first kappa shape index (κ1) is 10.7. The van der Waals surface area contributed by atoms with Crippen molar-refractivity contribution in [2.24, 2.45) is 10.4 Å². The van der Waals surface area contributed by atoms with Gasteiger partial charge in [0.15, 0.2) is 0 Å². The lowest BCUT2D eigenvalue weighted by Crippen LogP contribution is -2.10. The normalized spacial score (nSPS) is 11.9. The van der Waals surface area contributed by atoms with Crippen LogP contribution in [0.3, 0.4) is 0 Å². The number of allylic oxidation sites excluding steroid dienone is 1. The quantitative estimate of drug-likeness (QED) is 0.499. The Morgan fingerprint density at radius 2 is 1.93 bits per heavy atom. The van der Waals surface area contributed by atoms with Crippen LogP contribution in [0.25, 0.3) is 0 Å². The Bertz CT molecular complexity index is 309. The predicted molar refractivity (Wildman–Crippen MR) is 63.2 cm³/mol. The van der Waals surface area contributed by atoms with Crippen LogP contribution >= 0.6 is 0 Å². The molecule has 0 bridgehead atoms. The molecule has 0 heterocycles. The van der Waals surface area contributed by atoms with Crippen LogP contribution in [0.2, 0.25) is 0 Å². The van der Waals surface area contributed by atoms with Crippen molar-refractivity contribution >= 4 is 11.9 Å². The molecular formula is C13H17N. The maximum absolute atomic E-state index is 4.42. The van der Waals surface area contributed by atoms with Crippen molar-refractivity contribution in [3.63, 3.8) is 0 Å². The molecule has 0 unspecified atom stereocenters. The molecule has 0 radical (unpaired) electrons. The molecule has 0 amide bonds. The van der Waals surface area contributed by atoms with Crippen LogP contribution in [0.5, 0.6) is 0 Å². The van der Waals surface area contributed by atoms with Gasteiger partial charge in [0.1, 0.15) is 0 Å². The van der Waals surface area contributed by atoms with Gasteiger partial charge in [-0.2, -0.15) is 0 Å². The number of aliphatic imine (C=N–C) groups is 1. The van der Waals surface area contributed by atoms with Gasteiger partial charge in [0.25, 0.3) is 0 Å². The molecular weight excluding hydrogens is 170 g/mol. The second-order valence-electron chi connectivity index (χ2n) is 4.08. The summed E-state index contributed by atoms with van der Waals surface area (Å²) in [4.78, 5) is 4.42. The molecule has 0 saturated carbocycles. The van der Waals surface area contributed by atoms with Gasteiger partial charge in [-0.1, -0.05) is 38.1 Å². The van der Waals surface area contributed by atoms with Crippen LogP contribution < -0.4 is 0 Å². The van der Waals surface area contributed by atoms with Crippen molar-refractivity contribution in [1.29, 1.82) is 0 Å². The number of nitrogens with zero attached hydrogens (tertiary/aromatic N) is 1. The fourth-order valence-corrected chi connectivity index (χ4v) is 1.19. The molecule has 1 aromatic rings. The number of benzene rings is 1. The highest BCUT2D eigenvalue weighted by Crippen LogP contribution is 2.19. The van der Waals surface area contributed by atoms with Gasteiger partial charge in [-0.25, -0.2) is 0 Å². The number of rotatable bonds is 4. The summed E-state index contributed by atoms with van der Waals surface area (Å²) in [6.45, 7) is 8.05. The van der Waals surface area contributed by atoms with E-state index in [1.807, 2.05) is 42.6 Å². The van der Waals surface area contributed by atoms with E-state index in [2.05, 4.69) is 25.4 Å². The van der Waals surface area contributed by atoms with Crippen molar-refractivity contribution < 1.29 is 0 Å². The Morgan fingerprint density at radius 1 is 1.29 bits per heavy atom. The predicted octanol–water partition coefficient (Wildman–Crippen LogP) is 3.99. The van der Waals surface area contributed by atoms with Gasteiger partial charge < -0.3 is 0 Å². The van der Waals surface area contributed by atoms with E-state index in [0.717, 1.165) is 12.1 Å². The van der Waals surface area contributed by atoms with Crippen LogP contribution in [0.4, 0.5) is 5.69 Å². The minimum absolute atomic E-state index is 0.0948. The van der Waals surface area contributed by atoms with Gasteiger partial charge in [-0.05, 0) is 18.6 Å². The molecule has 1 heteroatoms. The molecule has 0 fully saturated rings. The fraction of sp³-hybridized carbons (Fsp3) is 0.308. The Balaban J connectivity index is 2.68. The first-order chi connectivity index (χ1) is 6.64. The van der Waals surface area contributed by atoms with E-state index >= 15 is 0 Å². The molecule has 0 aromatic heterocycles. The van der Waals surface area contributed by atoms with Gasteiger partial charge >= 0.3 is 0 Å². The molecule has 0 aliphatic heterocycles. The first-order valence-corrected chi connectivity index (χ1v) is 4.85. The van der Waals surface area contributed by atoms with Crippen molar-refractivity contribution in [3.8, 4) is 0 Å². The van der Waals surface area contributed by atoms with E-state index in [4.69, 9.17) is 0 Å². The van der Waals surface area contributed by atoms with Crippen LogP contribution in [0.15, 0.2) is 48.0 Å². The molecule has 74 valence electrons. The summed E-state index contributed by atoms with van der Waals surface area (Å²) in [6.07, 6.45) is 4.87. The average molecular weight is 187 g/mol. The molecule has 1 nitrogen and oxygen atoms in total. The van der Waals surface area contributed by atoms with Crippen molar-refractivity contribution in [3.05, 3.63) is 43.0 Å². The Labute approximate surface area is 86.2 Å². The summed E-state index contributed by atoms with van der Waals surface area (Å²) < 4.78 is 0. The lowest BCUT2D eigenvalue weighted by molar-refractivity contribution is 0.546. The van der Waals surface area contributed by atoms with E-state index in [-0.39, 0.29) is 5.41 Å². The summed E-state index contributed by atoms with van der Waals surface area (Å²) >= 11 is 0. The molecule has 0 N–H and O–H groups in total. The lowest BCUT2D eigenvalue weighted by atomic mass is 9.91. The summed E-state index contributed by atoms with van der Waals surface area (Å²) in [5, 5.41) is 0. The van der Waals surface area contributed by atoms with Gasteiger partial charge in [-0.3, -0.25) is 4.99 Å². The highest BCUT2D eigenvalue weighted by molar-refractivity contribution is 5.69. The van der Waals surface area contributed by atoms with Crippen LogP contribution in [-0.4, -0.2) is 6.21 Å². The molecule has 14 heavy (non-hydrogen) atoms. The third-order valence-electron chi connectivity index (χ3n) is 1.99. The zero-order chi connectivity index (χ0) is 10.4. The second-order valence-corrected chi connectivity index (χ2v) is 4.08. The van der Waals surface area contributed by atoms with Crippen molar-refractivity contribution in [2.45, 2.75) is 20.3 Å². The molecule has 0 spiro atoms. The van der Waals surface area contributed by atoms with Crippen molar-refractivity contribution in [2.75, 3.05) is 0 Å². The molecule has 1 rings (SSSR count). The number of hydrogen-bond donors (Lipinski definition) is 0. The van der Waals surface area contributed by atoms with Crippen LogP contribution in [0, 0.1) is 5.41 Å². The smallest absolute Gasteiger partial charge is 0.0625 e. The van der Waals surface area contributed by atoms with Crippen LogP contribution in [-0.2, 0) is 0 Å². The van der Waals surface area contributed by atoms with E-state index in [1.54, 1.807) is 0 Å². The molecule has 0 atom stereocenters. The van der Waals surface area contributed by atoms with E-state index in [0.29, 0.717) is 0 Å². The Morgan fingerprint density at radius 3 is 2.50 bits per heavy atom. The van der Waals surface area contributed by atoms with Gasteiger partial charge in [0.05, 0.1) is 5.69 Å². The second kappa shape index (κ2) is 4.75. The third kappa shape index (κ3) is 3.56. The standard InChI is InChI=1S/C13H17N/c1-4-10-13(2,3)11-14-12-8-6-5-7-9-12/h4-9,11H,1,10H2,2-3H3. The topological polar surface area (TPSA) is 12.4 Å². The molecule has 1 aromatic carbocycles. The zero-order valence-corrected chi connectivity index (χ0v) is 8.90. The highest BCUT2D eigenvalue weighted by atomic mass is 14.7. The minimum Gasteiger partial charge on any atom is -0.261 e. The lowest BCUT2D eigenvalue weighted by Gasteiger charge is -2.15. The Kier molecular flexibility index (Phi) is 3.63. The molecule has 0 saturated heterocycles. The highest BCUT2D eigenvalue weighted by Gasteiger charge is 2.11. The minimum atomic E-state index is 0.0948. The summed E-state index contributed by atoms with van der Waals surface area (Å²) in [5.41, 5.74) is 1.10. The first-order valence-electron chi connectivity index (χ1n) is 4.85. The summed E-state index contributed by atoms with van der Waals surface area (Å²) in [5.74, 6) is 0.